The average molecular weight is 1450 g/mol. The number of esters is 4. The summed E-state index contributed by atoms with van der Waals surface area (Å²) in [7, 11) is -9.92. The van der Waals surface area contributed by atoms with Gasteiger partial charge < -0.3 is 33.8 Å². The van der Waals surface area contributed by atoms with Crippen LogP contribution in [0.5, 0.6) is 0 Å². The SMILES string of the molecule is CCCCCCCCCCCCCCCCCCCCC(=O)OC[C@H](COP(=O)(O)OC[C@@H](O)COP(=O)(O)OC[C@@H](COC(=O)CCCCCCCCCC(C)C)OC(=O)CCCCCCCCCCCC(C)C)OC(=O)CCCCCCCCCCCCCCCCCCC(C)C. The minimum atomic E-state index is -4.96. The van der Waals surface area contributed by atoms with Crippen LogP contribution in [-0.4, -0.2) is 96.7 Å². The summed E-state index contributed by atoms with van der Waals surface area (Å²) >= 11 is 0. The van der Waals surface area contributed by atoms with Crippen molar-refractivity contribution in [2.75, 3.05) is 39.6 Å². The molecule has 2 unspecified atom stereocenters. The minimum Gasteiger partial charge on any atom is -0.462 e. The highest BCUT2D eigenvalue weighted by Gasteiger charge is 2.30. The molecule has 0 saturated heterocycles. The van der Waals surface area contributed by atoms with E-state index in [1.807, 2.05) is 0 Å². The summed E-state index contributed by atoms with van der Waals surface area (Å²) in [6.07, 6.45) is 58.5. The van der Waals surface area contributed by atoms with Crippen molar-refractivity contribution < 1.29 is 80.2 Å². The fourth-order valence-corrected chi connectivity index (χ4v) is 13.9. The van der Waals surface area contributed by atoms with E-state index in [0.29, 0.717) is 31.6 Å². The van der Waals surface area contributed by atoms with E-state index in [-0.39, 0.29) is 25.7 Å². The van der Waals surface area contributed by atoms with Gasteiger partial charge in [0.05, 0.1) is 26.4 Å². The summed E-state index contributed by atoms with van der Waals surface area (Å²) in [6.45, 7) is 11.9. The van der Waals surface area contributed by atoms with Crippen LogP contribution >= 0.6 is 15.6 Å². The van der Waals surface area contributed by atoms with Crippen molar-refractivity contribution in [2.45, 2.75) is 433 Å². The van der Waals surface area contributed by atoms with Gasteiger partial charge in [0, 0.05) is 25.7 Å². The number of rotatable bonds is 78. The molecule has 588 valence electrons. The number of phosphoric ester groups is 2. The van der Waals surface area contributed by atoms with E-state index in [4.69, 9.17) is 37.0 Å². The molecule has 0 aromatic rings. The second-order valence-corrected chi connectivity index (χ2v) is 33.1. The summed E-state index contributed by atoms with van der Waals surface area (Å²) in [5.41, 5.74) is 0. The Labute approximate surface area is 607 Å². The van der Waals surface area contributed by atoms with Gasteiger partial charge in [0.25, 0.3) is 0 Å². The van der Waals surface area contributed by atoms with Gasteiger partial charge in [-0.25, -0.2) is 9.13 Å². The summed E-state index contributed by atoms with van der Waals surface area (Å²) in [5.74, 6) is 0.136. The fourth-order valence-electron chi connectivity index (χ4n) is 12.3. The molecule has 0 aliphatic carbocycles. The number of carbonyl (C=O) groups is 4. The highest BCUT2D eigenvalue weighted by molar-refractivity contribution is 7.47. The number of carbonyl (C=O) groups excluding carboxylic acids is 4. The molecular formula is C80H156O17P2. The second-order valence-electron chi connectivity index (χ2n) is 30.2. The lowest BCUT2D eigenvalue weighted by molar-refractivity contribution is -0.161. The van der Waals surface area contributed by atoms with E-state index >= 15 is 0 Å². The predicted molar refractivity (Wildman–Crippen MR) is 405 cm³/mol. The van der Waals surface area contributed by atoms with E-state index in [9.17, 15) is 43.2 Å². The smallest absolute Gasteiger partial charge is 0.462 e. The zero-order valence-electron chi connectivity index (χ0n) is 65.0. The van der Waals surface area contributed by atoms with Crippen LogP contribution in [0.2, 0.25) is 0 Å². The van der Waals surface area contributed by atoms with E-state index < -0.39 is 97.5 Å². The first-order valence-electron chi connectivity index (χ1n) is 41.3. The maximum absolute atomic E-state index is 13.1. The molecule has 0 amide bonds. The lowest BCUT2D eigenvalue weighted by Crippen LogP contribution is -2.30. The lowest BCUT2D eigenvalue weighted by atomic mass is 10.0. The van der Waals surface area contributed by atoms with Crippen molar-refractivity contribution >= 4 is 39.5 Å². The van der Waals surface area contributed by atoms with Crippen LogP contribution in [-0.2, 0) is 65.4 Å². The molecule has 5 atom stereocenters. The Morgan fingerprint density at radius 3 is 0.687 bits per heavy atom. The molecule has 0 heterocycles. The van der Waals surface area contributed by atoms with Crippen LogP contribution in [0, 0.1) is 17.8 Å². The molecule has 3 N–H and O–H groups in total. The Kier molecular flexibility index (Phi) is 69.0. The molecule has 0 radical (unpaired) electrons. The van der Waals surface area contributed by atoms with Gasteiger partial charge in [-0.05, 0) is 43.4 Å². The number of aliphatic hydroxyl groups excluding tert-OH is 1. The molecule has 0 bridgehead atoms. The van der Waals surface area contributed by atoms with Crippen molar-refractivity contribution in [1.29, 1.82) is 0 Å². The van der Waals surface area contributed by atoms with Crippen LogP contribution in [0.25, 0.3) is 0 Å². The van der Waals surface area contributed by atoms with Crippen molar-refractivity contribution in [3.8, 4) is 0 Å². The molecule has 0 rings (SSSR count). The summed E-state index contributed by atoms with van der Waals surface area (Å²) in [4.78, 5) is 72.9. The first-order chi connectivity index (χ1) is 47.7. The van der Waals surface area contributed by atoms with Crippen LogP contribution in [0.3, 0.4) is 0 Å². The Morgan fingerprint density at radius 1 is 0.273 bits per heavy atom. The van der Waals surface area contributed by atoms with Gasteiger partial charge in [-0.15, -0.1) is 0 Å². The number of unbranched alkanes of at least 4 members (excludes halogenated alkanes) is 46. The number of phosphoric acid groups is 2. The van der Waals surface area contributed by atoms with Gasteiger partial charge >= 0.3 is 39.5 Å². The van der Waals surface area contributed by atoms with Crippen LogP contribution in [0.15, 0.2) is 0 Å². The number of ether oxygens (including phenoxy) is 4. The van der Waals surface area contributed by atoms with Crippen molar-refractivity contribution in [2.24, 2.45) is 17.8 Å². The Balaban J connectivity index is 5.23. The molecule has 0 aliphatic heterocycles. The molecule has 0 saturated carbocycles. The number of hydrogen-bond donors (Lipinski definition) is 3. The summed E-state index contributed by atoms with van der Waals surface area (Å²) in [6, 6.07) is 0. The van der Waals surface area contributed by atoms with Gasteiger partial charge in [-0.2, -0.15) is 0 Å². The molecule has 0 aromatic heterocycles. The Hall–Kier alpha value is -1.94. The maximum Gasteiger partial charge on any atom is 0.472 e. The summed E-state index contributed by atoms with van der Waals surface area (Å²) < 4.78 is 68.6. The molecule has 0 aliphatic rings. The minimum absolute atomic E-state index is 0.105. The molecule has 0 fully saturated rings. The standard InChI is InChI=1S/C80H156O17P2/c1-8-9-10-11-12-13-14-15-16-17-18-22-25-28-33-40-47-54-61-77(82)90-67-75(96-79(84)63-56-49-41-34-29-26-23-20-19-21-24-27-31-37-44-51-58-71(2)3)69-94-98(86,87)92-65-74(81)66-93-99(88,89)95-70-76(68-91-78(83)62-55-48-43-36-39-46-53-60-73(6)7)97-80(85)64-57-50-42-35-30-32-38-45-52-59-72(4)5/h71-76,81H,8-70H2,1-7H3,(H,86,87)(H,88,89)/t74-,75-,76-/m1/s1. The van der Waals surface area contributed by atoms with E-state index in [1.54, 1.807) is 0 Å². The maximum atomic E-state index is 13.1. The van der Waals surface area contributed by atoms with Crippen LogP contribution in [0.1, 0.15) is 414 Å². The Bertz CT molecular complexity index is 1920. The third-order valence-electron chi connectivity index (χ3n) is 18.6. The first-order valence-corrected chi connectivity index (χ1v) is 44.3. The van der Waals surface area contributed by atoms with E-state index in [2.05, 4.69) is 48.5 Å². The molecule has 0 aromatic carbocycles. The largest absolute Gasteiger partial charge is 0.472 e. The average Bonchev–Trinajstić information content (AvgIpc) is 1.05. The van der Waals surface area contributed by atoms with Crippen LogP contribution < -0.4 is 0 Å². The lowest BCUT2D eigenvalue weighted by Gasteiger charge is -2.21. The van der Waals surface area contributed by atoms with Crippen LogP contribution in [0.4, 0.5) is 0 Å². The fraction of sp³-hybridized carbons (Fsp3) is 0.950. The van der Waals surface area contributed by atoms with Crippen molar-refractivity contribution in [3.63, 3.8) is 0 Å². The van der Waals surface area contributed by atoms with Gasteiger partial charge in [0.15, 0.2) is 12.2 Å². The van der Waals surface area contributed by atoms with E-state index in [1.165, 1.54) is 218 Å². The zero-order chi connectivity index (χ0) is 73.0. The van der Waals surface area contributed by atoms with Gasteiger partial charge in [0.1, 0.15) is 19.3 Å². The van der Waals surface area contributed by atoms with Gasteiger partial charge in [-0.3, -0.25) is 37.3 Å². The molecule has 99 heavy (non-hydrogen) atoms. The topological polar surface area (TPSA) is 237 Å². The third kappa shape index (κ3) is 74.1. The number of hydrogen-bond acceptors (Lipinski definition) is 15. The number of aliphatic hydroxyl groups is 1. The van der Waals surface area contributed by atoms with E-state index in [0.717, 1.165) is 108 Å². The normalized spacial score (nSPS) is 14.0. The Morgan fingerprint density at radius 2 is 0.465 bits per heavy atom. The summed E-state index contributed by atoms with van der Waals surface area (Å²) in [5, 5.41) is 10.6. The van der Waals surface area contributed by atoms with Crippen molar-refractivity contribution in [1.82, 2.24) is 0 Å². The highest BCUT2D eigenvalue weighted by atomic mass is 31.2. The van der Waals surface area contributed by atoms with Crippen molar-refractivity contribution in [3.05, 3.63) is 0 Å². The molecule has 19 heteroatoms. The zero-order valence-corrected chi connectivity index (χ0v) is 66.8. The second kappa shape index (κ2) is 70.4. The van der Waals surface area contributed by atoms with Gasteiger partial charge in [0.2, 0.25) is 0 Å². The first kappa shape index (κ1) is 97.1. The predicted octanol–water partition coefficient (Wildman–Crippen LogP) is 23.7. The molecule has 17 nitrogen and oxygen atoms in total. The molecule has 0 spiro atoms. The van der Waals surface area contributed by atoms with Gasteiger partial charge in [-0.1, -0.05) is 363 Å². The third-order valence-corrected chi connectivity index (χ3v) is 20.5. The molecular weight excluding hydrogens is 1290 g/mol. The quantitative estimate of drug-likeness (QED) is 0.0222. The highest BCUT2D eigenvalue weighted by Crippen LogP contribution is 2.45. The monoisotopic (exact) mass is 1450 g/mol.